The molecule has 4 heteroatoms. The van der Waals surface area contributed by atoms with Gasteiger partial charge in [0.15, 0.2) is 0 Å². The second-order valence-corrected chi connectivity index (χ2v) is 5.08. The Balaban J connectivity index is 1.97. The number of rotatable bonds is 4. The zero-order chi connectivity index (χ0) is 13.0. The van der Waals surface area contributed by atoms with E-state index in [4.69, 9.17) is 0 Å². The van der Waals surface area contributed by atoms with Crippen molar-refractivity contribution < 1.29 is 0 Å². The molecular formula is C14H24N4. The summed E-state index contributed by atoms with van der Waals surface area (Å²) in [7, 11) is 2.19. The average molecular weight is 248 g/mol. The first-order valence-corrected chi connectivity index (χ1v) is 6.81. The van der Waals surface area contributed by atoms with E-state index in [0.29, 0.717) is 6.04 Å². The van der Waals surface area contributed by atoms with Crippen LogP contribution in [-0.2, 0) is 6.54 Å². The molecule has 1 N–H and O–H groups in total. The third-order valence-electron chi connectivity index (χ3n) is 3.67. The van der Waals surface area contributed by atoms with Crippen LogP contribution in [0.2, 0.25) is 0 Å². The standard InChI is InChI=1S/C14H24N4/c1-4-15-9-13-5-6-14(16-10-13)18-8-7-17(3)12(2)11-18/h5-6,10,12,15H,4,7-9,11H2,1-3H3. The lowest BCUT2D eigenvalue weighted by Gasteiger charge is -2.38. The van der Waals surface area contributed by atoms with Crippen LogP contribution in [0.15, 0.2) is 18.3 Å². The molecule has 1 fully saturated rings. The van der Waals surface area contributed by atoms with Gasteiger partial charge in [0.2, 0.25) is 0 Å². The third kappa shape index (κ3) is 3.21. The number of nitrogens with zero attached hydrogens (tertiary/aromatic N) is 3. The third-order valence-corrected chi connectivity index (χ3v) is 3.67. The number of nitrogens with one attached hydrogen (secondary N) is 1. The van der Waals surface area contributed by atoms with E-state index in [-0.39, 0.29) is 0 Å². The van der Waals surface area contributed by atoms with Gasteiger partial charge in [-0.3, -0.25) is 0 Å². The maximum Gasteiger partial charge on any atom is 0.128 e. The second kappa shape index (κ2) is 6.16. The van der Waals surface area contributed by atoms with Gasteiger partial charge in [-0.25, -0.2) is 4.98 Å². The quantitative estimate of drug-likeness (QED) is 0.871. The molecule has 1 unspecified atom stereocenters. The van der Waals surface area contributed by atoms with Crippen LogP contribution in [0.5, 0.6) is 0 Å². The Morgan fingerprint density at radius 3 is 2.83 bits per heavy atom. The number of piperazine rings is 1. The molecule has 18 heavy (non-hydrogen) atoms. The smallest absolute Gasteiger partial charge is 0.128 e. The van der Waals surface area contributed by atoms with Crippen molar-refractivity contribution in [3.8, 4) is 0 Å². The molecule has 1 aliphatic heterocycles. The Morgan fingerprint density at radius 2 is 2.22 bits per heavy atom. The topological polar surface area (TPSA) is 31.4 Å². The summed E-state index contributed by atoms with van der Waals surface area (Å²) in [5.41, 5.74) is 1.25. The minimum absolute atomic E-state index is 0.599. The molecule has 0 spiro atoms. The van der Waals surface area contributed by atoms with Gasteiger partial charge in [0.1, 0.15) is 5.82 Å². The fraction of sp³-hybridized carbons (Fsp3) is 0.643. The molecule has 2 rings (SSSR count). The summed E-state index contributed by atoms with van der Waals surface area (Å²) in [5, 5.41) is 3.32. The molecule has 0 bridgehead atoms. The SMILES string of the molecule is CCNCc1ccc(N2CCN(C)C(C)C2)nc1. The normalized spacial score (nSPS) is 21.3. The number of hydrogen-bond donors (Lipinski definition) is 1. The molecule has 0 aliphatic carbocycles. The molecule has 2 heterocycles. The van der Waals surface area contributed by atoms with Crippen LogP contribution in [0.1, 0.15) is 19.4 Å². The molecule has 1 atom stereocenters. The monoisotopic (exact) mass is 248 g/mol. The van der Waals surface area contributed by atoms with E-state index in [9.17, 15) is 0 Å². The molecule has 0 radical (unpaired) electrons. The van der Waals surface area contributed by atoms with Crippen molar-refractivity contribution in [3.63, 3.8) is 0 Å². The van der Waals surface area contributed by atoms with E-state index in [1.165, 1.54) is 5.56 Å². The predicted molar refractivity (Wildman–Crippen MR) is 75.9 cm³/mol. The Hall–Kier alpha value is -1.13. The average Bonchev–Trinajstić information content (AvgIpc) is 2.40. The summed E-state index contributed by atoms with van der Waals surface area (Å²) in [4.78, 5) is 9.36. The lowest BCUT2D eigenvalue weighted by molar-refractivity contribution is 0.233. The van der Waals surface area contributed by atoms with Crippen molar-refractivity contribution in [2.45, 2.75) is 26.4 Å². The highest BCUT2D eigenvalue weighted by Crippen LogP contribution is 2.16. The van der Waals surface area contributed by atoms with Gasteiger partial charge in [-0.2, -0.15) is 0 Å². The molecule has 1 aromatic rings. The maximum atomic E-state index is 4.58. The highest BCUT2D eigenvalue weighted by molar-refractivity contribution is 5.40. The number of pyridine rings is 1. The molecular weight excluding hydrogens is 224 g/mol. The van der Waals surface area contributed by atoms with Gasteiger partial charge in [0.05, 0.1) is 0 Å². The van der Waals surface area contributed by atoms with Crippen LogP contribution in [0, 0.1) is 0 Å². The predicted octanol–water partition coefficient (Wildman–Crippen LogP) is 1.33. The van der Waals surface area contributed by atoms with Crippen LogP contribution in [0.25, 0.3) is 0 Å². The van der Waals surface area contributed by atoms with Crippen molar-refractivity contribution in [1.82, 2.24) is 15.2 Å². The lowest BCUT2D eigenvalue weighted by atomic mass is 10.2. The van der Waals surface area contributed by atoms with E-state index < -0.39 is 0 Å². The number of hydrogen-bond acceptors (Lipinski definition) is 4. The molecule has 1 aliphatic rings. The molecule has 0 saturated carbocycles. The zero-order valence-corrected chi connectivity index (χ0v) is 11.7. The molecule has 0 amide bonds. The number of likely N-dealkylation sites (N-methyl/N-ethyl adjacent to an activating group) is 1. The highest BCUT2D eigenvalue weighted by atomic mass is 15.3. The van der Waals surface area contributed by atoms with E-state index in [1.807, 2.05) is 6.20 Å². The van der Waals surface area contributed by atoms with Crippen molar-refractivity contribution in [1.29, 1.82) is 0 Å². The van der Waals surface area contributed by atoms with Gasteiger partial charge in [0.25, 0.3) is 0 Å². The largest absolute Gasteiger partial charge is 0.354 e. The van der Waals surface area contributed by atoms with Crippen LogP contribution in [-0.4, -0.2) is 49.2 Å². The molecule has 0 aromatic carbocycles. The van der Waals surface area contributed by atoms with E-state index in [2.05, 4.69) is 53.1 Å². The Kier molecular flexibility index (Phi) is 4.55. The summed E-state index contributed by atoms with van der Waals surface area (Å²) in [6.45, 7) is 9.54. The van der Waals surface area contributed by atoms with E-state index >= 15 is 0 Å². The van der Waals surface area contributed by atoms with Gasteiger partial charge in [-0.1, -0.05) is 13.0 Å². The molecule has 4 nitrogen and oxygen atoms in total. The van der Waals surface area contributed by atoms with E-state index in [0.717, 1.165) is 38.5 Å². The summed E-state index contributed by atoms with van der Waals surface area (Å²) in [6.07, 6.45) is 1.99. The first-order valence-electron chi connectivity index (χ1n) is 6.81. The lowest BCUT2D eigenvalue weighted by Crippen LogP contribution is -2.50. The van der Waals surface area contributed by atoms with Crippen molar-refractivity contribution >= 4 is 5.82 Å². The van der Waals surface area contributed by atoms with Gasteiger partial charge >= 0.3 is 0 Å². The molecule has 1 saturated heterocycles. The van der Waals surface area contributed by atoms with E-state index in [1.54, 1.807) is 0 Å². The molecule has 1 aromatic heterocycles. The minimum Gasteiger partial charge on any atom is -0.354 e. The van der Waals surface area contributed by atoms with Gasteiger partial charge < -0.3 is 15.1 Å². The maximum absolute atomic E-state index is 4.58. The number of aromatic nitrogens is 1. The minimum atomic E-state index is 0.599. The fourth-order valence-electron chi connectivity index (χ4n) is 2.23. The highest BCUT2D eigenvalue weighted by Gasteiger charge is 2.21. The summed E-state index contributed by atoms with van der Waals surface area (Å²) in [6, 6.07) is 4.92. The van der Waals surface area contributed by atoms with Crippen molar-refractivity contribution in [2.75, 3.05) is 38.1 Å². The number of anilines is 1. The van der Waals surface area contributed by atoms with Gasteiger partial charge in [-0.15, -0.1) is 0 Å². The van der Waals surface area contributed by atoms with Gasteiger partial charge in [0, 0.05) is 38.4 Å². The van der Waals surface area contributed by atoms with Crippen LogP contribution >= 0.6 is 0 Å². The first kappa shape index (κ1) is 13.3. The Morgan fingerprint density at radius 1 is 1.39 bits per heavy atom. The summed E-state index contributed by atoms with van der Waals surface area (Å²) < 4.78 is 0. The van der Waals surface area contributed by atoms with Crippen molar-refractivity contribution in [3.05, 3.63) is 23.9 Å². The summed E-state index contributed by atoms with van der Waals surface area (Å²) in [5.74, 6) is 1.11. The molecule has 100 valence electrons. The van der Waals surface area contributed by atoms with Crippen LogP contribution in [0.3, 0.4) is 0 Å². The van der Waals surface area contributed by atoms with Crippen LogP contribution < -0.4 is 10.2 Å². The Bertz CT molecular complexity index is 363. The van der Waals surface area contributed by atoms with Crippen LogP contribution in [0.4, 0.5) is 5.82 Å². The summed E-state index contributed by atoms with van der Waals surface area (Å²) >= 11 is 0. The Labute approximate surface area is 110 Å². The van der Waals surface area contributed by atoms with Crippen molar-refractivity contribution in [2.24, 2.45) is 0 Å². The first-order chi connectivity index (χ1) is 8.70. The van der Waals surface area contributed by atoms with Gasteiger partial charge in [-0.05, 0) is 32.1 Å². The fourth-order valence-corrected chi connectivity index (χ4v) is 2.23. The zero-order valence-electron chi connectivity index (χ0n) is 11.7. The second-order valence-electron chi connectivity index (χ2n) is 5.08.